The molecule has 0 bridgehead atoms. The maximum absolute atomic E-state index is 14.1. The van der Waals surface area contributed by atoms with Crippen LogP contribution in [0.1, 0.15) is 83.3 Å². The molecule has 4 amide bonds. The number of ketones is 1. The summed E-state index contributed by atoms with van der Waals surface area (Å²) in [5.41, 5.74) is 9.05. The molecule has 2 aliphatic heterocycles. The van der Waals surface area contributed by atoms with Gasteiger partial charge in [0, 0.05) is 57.1 Å². The van der Waals surface area contributed by atoms with E-state index in [9.17, 15) is 34.2 Å². The van der Waals surface area contributed by atoms with Gasteiger partial charge in [0.15, 0.2) is 5.78 Å². The fourth-order valence-corrected chi connectivity index (χ4v) is 11.3. The number of carbonyl (C=O) groups is 5. The van der Waals surface area contributed by atoms with Gasteiger partial charge in [0.1, 0.15) is 25.3 Å². The number of ether oxygens (including phenoxy) is 6. The van der Waals surface area contributed by atoms with Crippen molar-refractivity contribution in [3.63, 3.8) is 0 Å². The predicted molar refractivity (Wildman–Crippen MR) is 314 cm³/mol. The van der Waals surface area contributed by atoms with E-state index in [0.29, 0.717) is 58.3 Å². The van der Waals surface area contributed by atoms with E-state index in [4.69, 9.17) is 28.4 Å². The van der Waals surface area contributed by atoms with Crippen LogP contribution in [0.4, 0.5) is 0 Å². The van der Waals surface area contributed by atoms with E-state index in [1.807, 2.05) is 103 Å². The van der Waals surface area contributed by atoms with Crippen molar-refractivity contribution in [3.8, 4) is 20.9 Å². The van der Waals surface area contributed by atoms with E-state index in [2.05, 4.69) is 44.6 Å². The minimum atomic E-state index is -0.875. The summed E-state index contributed by atoms with van der Waals surface area (Å²) in [5.74, 6) is -2.44. The zero-order chi connectivity index (χ0) is 59.4. The van der Waals surface area contributed by atoms with Gasteiger partial charge >= 0.3 is 0 Å². The summed E-state index contributed by atoms with van der Waals surface area (Å²) in [6, 6.07) is 13.9. The normalized spacial score (nSPS) is 18.1. The van der Waals surface area contributed by atoms with Crippen molar-refractivity contribution in [1.29, 1.82) is 0 Å². The Morgan fingerprint density at radius 3 is 1.48 bits per heavy atom. The van der Waals surface area contributed by atoms with Crippen molar-refractivity contribution in [1.82, 2.24) is 35.7 Å². The summed E-state index contributed by atoms with van der Waals surface area (Å²) in [6.07, 6.45) is -1.22. The number of amides is 4. The molecule has 20 nitrogen and oxygen atoms in total. The maximum Gasteiger partial charge on any atom is 0.246 e. The standard InChI is InChI=1S/C60H85N7O13S2/c1-39(61-31-42-10-14-44(15-11-42)53-40(2)63-37-81-53)50-29-46(68)33-66(50)58(74)55(60(7,8)9)65-52(71)36-80-27-25-78-23-21-76-19-18-75-20-22-77-24-26-79-35-48(70)28-49(59(4,5)6)57(73)67-34-47(69)30-51(67)56(72)62-32-43-12-16-45(17-13-43)54-41(3)64-38-82-54/h10-17,37-38,46-47,49-51,55,61,68-69H,1,18-36H2,2-9H3,(H,62,72)(H,65,71)/t46-,47-,49-,50+,51+,55-/m1/s1. The fourth-order valence-electron chi connectivity index (χ4n) is 9.66. The summed E-state index contributed by atoms with van der Waals surface area (Å²) in [5, 5.41) is 30.4. The lowest BCUT2D eigenvalue weighted by Gasteiger charge is -2.36. The molecule has 450 valence electrons. The van der Waals surface area contributed by atoms with Crippen LogP contribution in [0.25, 0.3) is 20.9 Å². The third kappa shape index (κ3) is 20.1. The van der Waals surface area contributed by atoms with Crippen LogP contribution in [-0.2, 0) is 65.5 Å². The van der Waals surface area contributed by atoms with Crippen LogP contribution in [0, 0.1) is 30.6 Å². The highest BCUT2D eigenvalue weighted by atomic mass is 32.1. The molecular formula is C60H85N7O13S2. The summed E-state index contributed by atoms with van der Waals surface area (Å²) in [6.45, 7) is 22.7. The number of nitrogens with one attached hydrogen (secondary N) is 3. The lowest BCUT2D eigenvalue weighted by Crippen LogP contribution is -2.57. The molecule has 22 heteroatoms. The molecule has 4 heterocycles. The summed E-state index contributed by atoms with van der Waals surface area (Å²) < 4.78 is 33.4. The molecule has 2 aliphatic rings. The Morgan fingerprint density at radius 2 is 1.04 bits per heavy atom. The summed E-state index contributed by atoms with van der Waals surface area (Å²) >= 11 is 3.17. The zero-order valence-corrected chi connectivity index (χ0v) is 50.5. The van der Waals surface area contributed by atoms with Crippen LogP contribution < -0.4 is 16.0 Å². The Labute approximate surface area is 490 Å². The molecule has 4 aromatic rings. The van der Waals surface area contributed by atoms with Crippen LogP contribution in [0.5, 0.6) is 0 Å². The molecule has 2 aromatic carbocycles. The number of Topliss-reactive ketones (excluding diaryl/α,β-unsaturated/α-hetero) is 1. The first-order chi connectivity index (χ1) is 39.1. The van der Waals surface area contributed by atoms with E-state index in [-0.39, 0.29) is 95.6 Å². The predicted octanol–water partition coefficient (Wildman–Crippen LogP) is 5.65. The van der Waals surface area contributed by atoms with Gasteiger partial charge in [-0.15, -0.1) is 22.7 Å². The van der Waals surface area contributed by atoms with Gasteiger partial charge in [0.2, 0.25) is 23.6 Å². The van der Waals surface area contributed by atoms with Crippen LogP contribution in [0.2, 0.25) is 0 Å². The van der Waals surface area contributed by atoms with E-state index >= 15 is 0 Å². The Kier molecular flexibility index (Phi) is 25.6. The average Bonchev–Trinajstić information content (AvgIpc) is 4.32. The van der Waals surface area contributed by atoms with Gasteiger partial charge in [-0.25, -0.2) is 9.97 Å². The Balaban J connectivity index is 0.763. The average molecular weight is 1180 g/mol. The number of carbonyl (C=O) groups excluding carboxylic acids is 5. The van der Waals surface area contributed by atoms with Gasteiger partial charge in [-0.05, 0) is 46.9 Å². The van der Waals surface area contributed by atoms with E-state index in [1.54, 1.807) is 27.6 Å². The van der Waals surface area contributed by atoms with Gasteiger partial charge in [0.05, 0.1) is 116 Å². The van der Waals surface area contributed by atoms with E-state index in [0.717, 1.165) is 43.4 Å². The number of hydrogen-bond donors (Lipinski definition) is 5. The number of aromatic nitrogens is 2. The molecule has 0 unspecified atom stereocenters. The first-order valence-electron chi connectivity index (χ1n) is 28.0. The molecule has 0 aliphatic carbocycles. The number of aliphatic hydroxyl groups is 2. The van der Waals surface area contributed by atoms with Crippen LogP contribution >= 0.6 is 22.7 Å². The molecule has 0 saturated carbocycles. The van der Waals surface area contributed by atoms with Gasteiger partial charge in [-0.3, -0.25) is 24.0 Å². The Hall–Kier alpha value is -5.53. The molecule has 2 aromatic heterocycles. The molecule has 0 radical (unpaired) electrons. The molecule has 2 saturated heterocycles. The topological polar surface area (TPSA) is 250 Å². The number of aryl methyl sites for hydroxylation is 2. The van der Waals surface area contributed by atoms with Crippen molar-refractivity contribution in [2.75, 3.05) is 92.4 Å². The SMILES string of the molecule is C=C(NCc1ccc(-c2scnc2C)cc1)[C@@H]1C[C@@H](O)CN1C(=O)[C@@H](NC(=O)COCCOCCOCCOCCOCCOCC(=O)C[C@H](C(=O)N1C[C@H](O)C[C@H]1C(=O)NCc1ccc(-c2scnc2C)cc1)C(C)(C)C)C(C)(C)C. The fraction of sp³-hybridized carbons (Fsp3) is 0.583. The third-order valence-corrected chi connectivity index (χ3v) is 16.2. The second kappa shape index (κ2) is 31.9. The Morgan fingerprint density at radius 1 is 0.610 bits per heavy atom. The van der Waals surface area contributed by atoms with Crippen molar-refractivity contribution in [2.45, 2.75) is 118 Å². The first-order valence-corrected chi connectivity index (χ1v) is 29.8. The Bertz CT molecular complexity index is 2510. The summed E-state index contributed by atoms with van der Waals surface area (Å²) in [7, 11) is 0. The monoisotopic (exact) mass is 1180 g/mol. The third-order valence-electron chi connectivity index (χ3n) is 14.3. The largest absolute Gasteiger partial charge is 0.391 e. The van der Waals surface area contributed by atoms with Crippen molar-refractivity contribution >= 4 is 52.1 Å². The van der Waals surface area contributed by atoms with E-state index in [1.165, 1.54) is 4.90 Å². The van der Waals surface area contributed by atoms with Crippen LogP contribution in [0.15, 0.2) is 71.8 Å². The lowest BCUT2D eigenvalue weighted by molar-refractivity contribution is -0.146. The summed E-state index contributed by atoms with van der Waals surface area (Å²) in [4.78, 5) is 81.6. The van der Waals surface area contributed by atoms with Crippen molar-refractivity contribution in [2.24, 2.45) is 16.7 Å². The van der Waals surface area contributed by atoms with Gasteiger partial charge < -0.3 is 64.4 Å². The molecule has 6 atom stereocenters. The molecule has 82 heavy (non-hydrogen) atoms. The van der Waals surface area contributed by atoms with Crippen molar-refractivity contribution < 1.29 is 62.6 Å². The molecule has 6 rings (SSSR count). The number of nitrogens with zero attached hydrogens (tertiary/aromatic N) is 4. The van der Waals surface area contributed by atoms with Gasteiger partial charge in [0.25, 0.3) is 0 Å². The highest BCUT2D eigenvalue weighted by Gasteiger charge is 2.45. The molecule has 2 fully saturated rings. The lowest BCUT2D eigenvalue weighted by atomic mass is 9.77. The number of rotatable bonds is 33. The van der Waals surface area contributed by atoms with Gasteiger partial charge in [-0.1, -0.05) is 96.7 Å². The zero-order valence-electron chi connectivity index (χ0n) is 48.9. The first kappa shape index (κ1) is 65.6. The maximum atomic E-state index is 14.1. The van der Waals surface area contributed by atoms with Gasteiger partial charge in [-0.2, -0.15) is 0 Å². The van der Waals surface area contributed by atoms with E-state index < -0.39 is 53.0 Å². The number of likely N-dealkylation sites (tertiary alicyclic amines) is 2. The molecular weight excluding hydrogens is 1090 g/mol. The number of benzene rings is 2. The van der Waals surface area contributed by atoms with Crippen LogP contribution in [-0.4, -0.2) is 182 Å². The quantitative estimate of drug-likeness (QED) is 0.0362. The number of hydrogen-bond acceptors (Lipinski definition) is 18. The minimum absolute atomic E-state index is 0.00903. The number of aliphatic hydroxyl groups excluding tert-OH is 2. The number of thiazole rings is 2. The highest BCUT2D eigenvalue weighted by Crippen LogP contribution is 2.35. The minimum Gasteiger partial charge on any atom is -0.391 e. The molecule has 5 N–H and O–H groups in total. The second-order valence-corrected chi connectivity index (χ2v) is 24.6. The number of β-amino-alcohol motifs (C(OH)–C–C–N with tert-alkyl or cyclic N) is 2. The van der Waals surface area contributed by atoms with Crippen LogP contribution in [0.3, 0.4) is 0 Å². The second-order valence-electron chi connectivity index (χ2n) is 22.9. The highest BCUT2D eigenvalue weighted by molar-refractivity contribution is 7.13. The van der Waals surface area contributed by atoms with Crippen molar-refractivity contribution in [3.05, 3.63) is 94.3 Å². The smallest absolute Gasteiger partial charge is 0.246 e. The molecule has 0 spiro atoms.